The van der Waals surface area contributed by atoms with Gasteiger partial charge in [0.05, 0.1) is 10.2 Å². The van der Waals surface area contributed by atoms with Crippen molar-refractivity contribution in [3.8, 4) is 17.8 Å². The second kappa shape index (κ2) is 8.04. The van der Waals surface area contributed by atoms with E-state index in [1.54, 1.807) is 24.3 Å². The zero-order valence-corrected chi connectivity index (χ0v) is 17.3. The Hall–Kier alpha value is -2.83. The van der Waals surface area contributed by atoms with Crippen LogP contribution in [0.4, 0.5) is 0 Å². The number of hydrogen-bond acceptors (Lipinski definition) is 4. The molecule has 28 heavy (non-hydrogen) atoms. The van der Waals surface area contributed by atoms with E-state index in [-0.39, 0.29) is 11.1 Å². The van der Waals surface area contributed by atoms with Crippen LogP contribution >= 0.6 is 34.5 Å². The van der Waals surface area contributed by atoms with Crippen molar-refractivity contribution in [2.24, 2.45) is 0 Å². The van der Waals surface area contributed by atoms with E-state index >= 15 is 0 Å². The van der Waals surface area contributed by atoms with Gasteiger partial charge in [-0.3, -0.25) is 9.36 Å². The summed E-state index contributed by atoms with van der Waals surface area (Å²) >= 11 is 13.3. The van der Waals surface area contributed by atoms with Gasteiger partial charge in [-0.25, -0.2) is 0 Å². The van der Waals surface area contributed by atoms with Crippen LogP contribution in [0.15, 0.2) is 41.2 Å². The summed E-state index contributed by atoms with van der Waals surface area (Å²) in [5.74, 6) is 0. The van der Waals surface area contributed by atoms with Gasteiger partial charge in [0.25, 0.3) is 5.56 Å². The normalized spacial score (nSPS) is 11.1. The lowest BCUT2D eigenvalue weighted by atomic mass is 10.1. The van der Waals surface area contributed by atoms with Gasteiger partial charge in [0.15, 0.2) is 5.57 Å². The van der Waals surface area contributed by atoms with E-state index in [0.717, 1.165) is 22.5 Å². The van der Waals surface area contributed by atoms with E-state index in [4.69, 9.17) is 23.2 Å². The van der Waals surface area contributed by atoms with Gasteiger partial charge < -0.3 is 0 Å². The highest BCUT2D eigenvalue weighted by molar-refractivity contribution is 7.07. The monoisotopic (exact) mass is 425 g/mol. The maximum Gasteiger partial charge on any atom is 0.273 e. The molecule has 3 aromatic rings. The summed E-state index contributed by atoms with van der Waals surface area (Å²) in [6.45, 7) is 3.77. The topological polar surface area (TPSA) is 69.6 Å². The van der Waals surface area contributed by atoms with Crippen molar-refractivity contribution in [1.82, 2.24) is 4.57 Å². The molecule has 7 heteroatoms. The van der Waals surface area contributed by atoms with Crippen LogP contribution in [0.1, 0.15) is 16.7 Å². The summed E-state index contributed by atoms with van der Waals surface area (Å²) in [7, 11) is 0. The van der Waals surface area contributed by atoms with E-state index in [1.165, 1.54) is 4.57 Å². The van der Waals surface area contributed by atoms with Crippen LogP contribution in [0.3, 0.4) is 0 Å². The number of nitrogens with zero attached hydrogens (tertiary/aromatic N) is 3. The number of benzene rings is 2. The number of rotatable bonds is 2. The number of hydrogen-bond donors (Lipinski definition) is 0. The van der Waals surface area contributed by atoms with Crippen molar-refractivity contribution in [1.29, 1.82) is 10.5 Å². The quantitative estimate of drug-likeness (QED) is 0.625. The van der Waals surface area contributed by atoms with E-state index in [2.05, 4.69) is 0 Å². The lowest BCUT2D eigenvalue weighted by Gasteiger charge is -2.10. The molecule has 0 bridgehead atoms. The molecule has 0 amide bonds. The molecule has 0 spiro atoms. The zero-order chi connectivity index (χ0) is 20.4. The first-order chi connectivity index (χ1) is 13.4. The molecule has 0 atom stereocenters. The summed E-state index contributed by atoms with van der Waals surface area (Å²) < 4.78 is 2.10. The molecular weight excluding hydrogens is 413 g/mol. The lowest BCUT2D eigenvalue weighted by Crippen LogP contribution is -2.31. The van der Waals surface area contributed by atoms with Gasteiger partial charge in [-0.15, -0.1) is 11.3 Å². The third-order valence-corrected chi connectivity index (χ3v) is 5.83. The lowest BCUT2D eigenvalue weighted by molar-refractivity contribution is 0.962. The first kappa shape index (κ1) is 19.9. The Bertz CT molecular complexity index is 1320. The molecule has 0 unspecified atom stereocenters. The number of para-hydroxylation sites is 1. The van der Waals surface area contributed by atoms with E-state index in [9.17, 15) is 15.3 Å². The largest absolute Gasteiger partial charge is 0.273 e. The zero-order valence-electron chi connectivity index (χ0n) is 15.0. The van der Waals surface area contributed by atoms with E-state index < -0.39 is 0 Å². The second-order valence-corrected chi connectivity index (χ2v) is 7.94. The molecule has 0 aliphatic rings. The summed E-state index contributed by atoms with van der Waals surface area (Å²) in [4.78, 5) is 13.3. The molecule has 2 aromatic carbocycles. The Balaban J connectivity index is 2.47. The summed E-state index contributed by atoms with van der Waals surface area (Å²) in [6.07, 6.45) is 1.64. The Labute approximate surface area is 175 Å². The number of aryl methyl sites for hydroxylation is 2. The van der Waals surface area contributed by atoms with Crippen LogP contribution in [0, 0.1) is 36.5 Å². The summed E-state index contributed by atoms with van der Waals surface area (Å²) in [5, 5.41) is 19.7. The van der Waals surface area contributed by atoms with Gasteiger partial charge in [0, 0.05) is 10.0 Å². The molecule has 3 rings (SSSR count). The summed E-state index contributed by atoms with van der Waals surface area (Å²) in [5.41, 5.74) is 2.60. The van der Waals surface area contributed by atoms with Crippen LogP contribution in [0.5, 0.6) is 0 Å². The van der Waals surface area contributed by atoms with Gasteiger partial charge >= 0.3 is 0 Å². The molecule has 0 aliphatic carbocycles. The van der Waals surface area contributed by atoms with E-state index in [1.807, 2.05) is 44.2 Å². The minimum absolute atomic E-state index is 0.119. The minimum Gasteiger partial charge on any atom is -0.267 e. The van der Waals surface area contributed by atoms with Gasteiger partial charge in [-0.05, 0) is 48.7 Å². The van der Waals surface area contributed by atoms with Crippen LogP contribution in [0.25, 0.3) is 17.3 Å². The third-order valence-electron chi connectivity index (χ3n) is 4.17. The van der Waals surface area contributed by atoms with Gasteiger partial charge in [-0.1, -0.05) is 47.5 Å². The standard InChI is InChI=1S/C21H13Cl2N3OS/c1-12-4-3-5-13(2)19(12)26-20(27)18(28-21(26)15(10-24)11-25)8-14-6-7-16(22)9-17(14)23/h3-9H,1-2H3/b18-8+. The smallest absolute Gasteiger partial charge is 0.267 e. The number of nitriles is 2. The van der Waals surface area contributed by atoms with Crippen molar-refractivity contribution < 1.29 is 0 Å². The predicted molar refractivity (Wildman–Crippen MR) is 113 cm³/mol. The fraction of sp³-hybridized carbons (Fsp3) is 0.0952. The molecule has 1 aromatic heterocycles. The fourth-order valence-electron chi connectivity index (χ4n) is 2.89. The van der Waals surface area contributed by atoms with Crippen molar-refractivity contribution in [2.75, 3.05) is 0 Å². The molecule has 0 saturated heterocycles. The van der Waals surface area contributed by atoms with Crippen LogP contribution in [0.2, 0.25) is 10.0 Å². The second-order valence-electron chi connectivity index (χ2n) is 6.06. The van der Waals surface area contributed by atoms with Gasteiger partial charge in [0.2, 0.25) is 0 Å². The van der Waals surface area contributed by atoms with Crippen molar-refractivity contribution in [3.05, 3.63) is 82.7 Å². The maximum atomic E-state index is 13.3. The van der Waals surface area contributed by atoms with Crippen molar-refractivity contribution in [3.63, 3.8) is 0 Å². The Morgan fingerprint density at radius 1 is 1.11 bits per heavy atom. The predicted octanol–water partition coefficient (Wildman–Crippen LogP) is 3.85. The molecule has 0 radical (unpaired) electrons. The number of aromatic nitrogens is 1. The molecule has 0 saturated carbocycles. The number of halogens is 2. The summed E-state index contributed by atoms with van der Waals surface area (Å²) in [6, 6.07) is 14.4. The average Bonchev–Trinajstić information content (AvgIpc) is 2.95. The van der Waals surface area contributed by atoms with Crippen molar-refractivity contribution in [2.45, 2.75) is 13.8 Å². The van der Waals surface area contributed by atoms with E-state index in [0.29, 0.717) is 30.5 Å². The molecule has 138 valence electrons. The molecule has 0 fully saturated rings. The SMILES string of the molecule is Cc1cccc(C)c1-n1c(=C(C#N)C#N)s/c(=C/c2ccc(Cl)cc2Cl)c1=O. The van der Waals surface area contributed by atoms with Gasteiger partial charge in [0.1, 0.15) is 16.8 Å². The Kier molecular flexibility index (Phi) is 5.72. The maximum absolute atomic E-state index is 13.3. The highest BCUT2D eigenvalue weighted by Gasteiger charge is 2.15. The number of thiazole rings is 1. The molecule has 1 heterocycles. The molecule has 4 nitrogen and oxygen atoms in total. The first-order valence-electron chi connectivity index (χ1n) is 8.17. The van der Waals surface area contributed by atoms with Crippen LogP contribution in [-0.2, 0) is 0 Å². The molecular formula is C21H13Cl2N3OS. The van der Waals surface area contributed by atoms with Gasteiger partial charge in [-0.2, -0.15) is 10.5 Å². The molecule has 0 N–H and O–H groups in total. The van der Waals surface area contributed by atoms with Crippen LogP contribution < -0.4 is 14.8 Å². The average molecular weight is 426 g/mol. The van der Waals surface area contributed by atoms with Crippen LogP contribution in [-0.4, -0.2) is 4.57 Å². The molecule has 0 aliphatic heterocycles. The van der Waals surface area contributed by atoms with Crippen molar-refractivity contribution >= 4 is 46.2 Å². The highest BCUT2D eigenvalue weighted by Crippen LogP contribution is 2.21. The third kappa shape index (κ3) is 3.61. The first-order valence-corrected chi connectivity index (χ1v) is 9.74. The minimum atomic E-state index is -0.314. The Morgan fingerprint density at radius 2 is 1.75 bits per heavy atom. The highest BCUT2D eigenvalue weighted by atomic mass is 35.5. The Morgan fingerprint density at radius 3 is 2.32 bits per heavy atom. The fourth-order valence-corrected chi connectivity index (χ4v) is 4.39.